The molecule has 27 heavy (non-hydrogen) atoms. The molecule has 2 aromatic rings. The Morgan fingerprint density at radius 2 is 2.04 bits per heavy atom. The molecule has 0 atom stereocenters. The van der Waals surface area contributed by atoms with E-state index in [0.29, 0.717) is 17.2 Å². The predicted molar refractivity (Wildman–Crippen MR) is 105 cm³/mol. The van der Waals surface area contributed by atoms with Crippen LogP contribution in [0.3, 0.4) is 0 Å². The molecule has 1 aliphatic carbocycles. The summed E-state index contributed by atoms with van der Waals surface area (Å²) in [6, 6.07) is 4.22. The van der Waals surface area contributed by atoms with Gasteiger partial charge in [-0.15, -0.1) is 0 Å². The summed E-state index contributed by atoms with van der Waals surface area (Å²) in [6.45, 7) is 5.71. The van der Waals surface area contributed by atoms with Gasteiger partial charge in [0.15, 0.2) is 6.61 Å². The summed E-state index contributed by atoms with van der Waals surface area (Å²) in [6.07, 6.45) is 4.96. The lowest BCUT2D eigenvalue weighted by atomic mass is 9.93. The first-order valence-corrected chi connectivity index (χ1v) is 9.55. The third-order valence-electron chi connectivity index (χ3n) is 4.73. The monoisotopic (exact) mass is 372 g/mol. The number of aromatic nitrogens is 2. The van der Waals surface area contributed by atoms with Crippen LogP contribution in [0.25, 0.3) is 10.9 Å². The van der Waals surface area contributed by atoms with E-state index in [1.807, 2.05) is 32.9 Å². The molecule has 7 heteroatoms. The van der Waals surface area contributed by atoms with E-state index in [1.165, 1.54) is 0 Å². The molecular formula is C20H28N4O3. The maximum atomic E-state index is 11.9. The summed E-state index contributed by atoms with van der Waals surface area (Å²) in [5.74, 6) is 0.997. The molecule has 1 saturated carbocycles. The third kappa shape index (κ3) is 5.07. The number of rotatable bonds is 6. The average Bonchev–Trinajstić information content (AvgIpc) is 2.62. The van der Waals surface area contributed by atoms with Gasteiger partial charge in [0.05, 0.1) is 6.10 Å². The average molecular weight is 372 g/mol. The molecule has 0 aliphatic heterocycles. The fourth-order valence-corrected chi connectivity index (χ4v) is 3.33. The Balaban J connectivity index is 1.78. The van der Waals surface area contributed by atoms with Gasteiger partial charge in [-0.3, -0.25) is 4.79 Å². The Kier molecular flexibility index (Phi) is 6.11. The Morgan fingerprint density at radius 3 is 2.74 bits per heavy atom. The highest BCUT2D eigenvalue weighted by molar-refractivity contribution is 5.86. The maximum Gasteiger partial charge on any atom is 0.258 e. The molecule has 1 amide bonds. The maximum absolute atomic E-state index is 11.9. The lowest BCUT2D eigenvalue weighted by Gasteiger charge is -2.26. The number of amides is 1. The first-order chi connectivity index (χ1) is 12.9. The highest BCUT2D eigenvalue weighted by atomic mass is 16.5. The largest absolute Gasteiger partial charge is 0.481 e. The van der Waals surface area contributed by atoms with E-state index in [1.54, 1.807) is 6.20 Å². The van der Waals surface area contributed by atoms with Crippen molar-refractivity contribution >= 4 is 22.8 Å². The molecule has 7 nitrogen and oxygen atoms in total. The van der Waals surface area contributed by atoms with Crippen LogP contribution in [0.2, 0.25) is 0 Å². The van der Waals surface area contributed by atoms with E-state index in [-0.39, 0.29) is 30.7 Å². The number of fused-ring (bicyclic) bond motifs is 1. The van der Waals surface area contributed by atoms with Crippen LogP contribution in [-0.4, -0.2) is 45.8 Å². The van der Waals surface area contributed by atoms with Crippen molar-refractivity contribution in [3.05, 3.63) is 23.9 Å². The minimum atomic E-state index is -0.194. The van der Waals surface area contributed by atoms with E-state index in [4.69, 9.17) is 4.74 Å². The minimum Gasteiger partial charge on any atom is -0.481 e. The third-order valence-corrected chi connectivity index (χ3v) is 4.73. The number of ether oxygens (including phenoxy) is 1. The normalized spacial score (nSPS) is 19.9. The van der Waals surface area contributed by atoms with Crippen molar-refractivity contribution in [2.45, 2.75) is 64.6 Å². The Hall–Kier alpha value is -2.41. The Bertz CT molecular complexity index is 801. The lowest BCUT2D eigenvalue weighted by Crippen LogP contribution is -2.34. The first kappa shape index (κ1) is 19.4. The highest BCUT2D eigenvalue weighted by Crippen LogP contribution is 2.29. The van der Waals surface area contributed by atoms with Gasteiger partial charge in [0.1, 0.15) is 11.3 Å². The fourth-order valence-electron chi connectivity index (χ4n) is 3.33. The summed E-state index contributed by atoms with van der Waals surface area (Å²) < 4.78 is 5.81. The van der Waals surface area contributed by atoms with Crippen molar-refractivity contribution in [1.29, 1.82) is 0 Å². The fraction of sp³-hybridized carbons (Fsp3) is 0.550. The lowest BCUT2D eigenvalue weighted by molar-refractivity contribution is -0.123. The zero-order valence-corrected chi connectivity index (χ0v) is 16.2. The van der Waals surface area contributed by atoms with Gasteiger partial charge in [-0.25, -0.2) is 9.97 Å². The van der Waals surface area contributed by atoms with Crippen molar-refractivity contribution in [3.8, 4) is 5.75 Å². The van der Waals surface area contributed by atoms with Crippen LogP contribution in [0.1, 0.15) is 45.1 Å². The number of hydrogen-bond donors (Lipinski definition) is 3. The number of carbonyl (C=O) groups excluding carboxylic acids is 1. The number of aliphatic hydroxyl groups is 1. The molecule has 3 rings (SSSR count). The van der Waals surface area contributed by atoms with Gasteiger partial charge >= 0.3 is 0 Å². The van der Waals surface area contributed by atoms with Crippen LogP contribution in [0, 0.1) is 6.92 Å². The van der Waals surface area contributed by atoms with Gasteiger partial charge in [0.2, 0.25) is 5.95 Å². The van der Waals surface area contributed by atoms with Gasteiger partial charge in [-0.2, -0.15) is 0 Å². The smallest absolute Gasteiger partial charge is 0.258 e. The van der Waals surface area contributed by atoms with Crippen LogP contribution >= 0.6 is 0 Å². The van der Waals surface area contributed by atoms with E-state index >= 15 is 0 Å². The Labute approximate surface area is 159 Å². The topological polar surface area (TPSA) is 96.4 Å². The van der Waals surface area contributed by atoms with E-state index in [2.05, 4.69) is 20.6 Å². The molecule has 1 fully saturated rings. The SMILES string of the molecule is Cc1ccc2cnc(NC3CCC(O)CC3)nc2c1OCC(=O)NC(C)C. The second-order valence-corrected chi connectivity index (χ2v) is 7.50. The molecule has 0 spiro atoms. The predicted octanol–water partition coefficient (Wildman–Crippen LogP) is 2.56. The number of nitrogens with zero attached hydrogens (tertiary/aromatic N) is 2. The second-order valence-electron chi connectivity index (χ2n) is 7.50. The number of anilines is 1. The van der Waals surface area contributed by atoms with E-state index in [9.17, 15) is 9.90 Å². The van der Waals surface area contributed by atoms with Crippen molar-refractivity contribution in [2.24, 2.45) is 0 Å². The molecule has 1 aromatic carbocycles. The number of aliphatic hydroxyl groups excluding tert-OH is 1. The molecule has 146 valence electrons. The number of carbonyl (C=O) groups is 1. The summed E-state index contributed by atoms with van der Waals surface area (Å²) >= 11 is 0. The molecule has 1 aliphatic rings. The molecule has 0 unspecified atom stereocenters. The van der Waals surface area contributed by atoms with Crippen LogP contribution in [0.4, 0.5) is 5.95 Å². The van der Waals surface area contributed by atoms with Gasteiger partial charge in [0, 0.05) is 23.7 Å². The van der Waals surface area contributed by atoms with Crippen molar-refractivity contribution < 1.29 is 14.6 Å². The van der Waals surface area contributed by atoms with Crippen LogP contribution in [0.15, 0.2) is 18.3 Å². The van der Waals surface area contributed by atoms with E-state index < -0.39 is 0 Å². The van der Waals surface area contributed by atoms with Gasteiger partial charge < -0.3 is 20.5 Å². The van der Waals surface area contributed by atoms with Gasteiger partial charge in [-0.05, 0) is 52.0 Å². The second kappa shape index (κ2) is 8.52. The van der Waals surface area contributed by atoms with Gasteiger partial charge in [-0.1, -0.05) is 12.1 Å². The number of aryl methyl sites for hydroxylation is 1. The van der Waals surface area contributed by atoms with Gasteiger partial charge in [0.25, 0.3) is 5.91 Å². The standard InChI is InChI=1S/C20H28N4O3/c1-12(2)22-17(26)11-27-19-13(3)4-5-14-10-21-20(24-18(14)19)23-15-6-8-16(25)9-7-15/h4-5,10,12,15-16,25H,6-9,11H2,1-3H3,(H,22,26)(H,21,23,24). The van der Waals surface area contributed by atoms with Crippen molar-refractivity contribution in [1.82, 2.24) is 15.3 Å². The van der Waals surface area contributed by atoms with E-state index in [0.717, 1.165) is 36.6 Å². The molecule has 1 heterocycles. The number of hydrogen-bond acceptors (Lipinski definition) is 6. The van der Waals surface area contributed by atoms with Crippen LogP contribution in [-0.2, 0) is 4.79 Å². The Morgan fingerprint density at radius 1 is 1.30 bits per heavy atom. The van der Waals surface area contributed by atoms with Crippen molar-refractivity contribution in [3.63, 3.8) is 0 Å². The zero-order chi connectivity index (χ0) is 19.4. The van der Waals surface area contributed by atoms with Crippen LogP contribution in [0.5, 0.6) is 5.75 Å². The molecule has 1 aromatic heterocycles. The summed E-state index contributed by atoms with van der Waals surface area (Å²) in [5, 5.41) is 16.7. The number of benzene rings is 1. The van der Waals surface area contributed by atoms with Crippen molar-refractivity contribution in [2.75, 3.05) is 11.9 Å². The molecular weight excluding hydrogens is 344 g/mol. The highest BCUT2D eigenvalue weighted by Gasteiger charge is 2.20. The summed E-state index contributed by atoms with van der Waals surface area (Å²) in [7, 11) is 0. The molecule has 0 bridgehead atoms. The zero-order valence-electron chi connectivity index (χ0n) is 16.2. The molecule has 0 radical (unpaired) electrons. The first-order valence-electron chi connectivity index (χ1n) is 9.55. The number of nitrogens with one attached hydrogen (secondary N) is 2. The molecule has 3 N–H and O–H groups in total. The summed E-state index contributed by atoms with van der Waals surface area (Å²) in [4.78, 5) is 21.0. The summed E-state index contributed by atoms with van der Waals surface area (Å²) in [5.41, 5.74) is 1.62. The minimum absolute atomic E-state index is 0.0502. The molecule has 0 saturated heterocycles. The quantitative estimate of drug-likeness (QED) is 0.721. The van der Waals surface area contributed by atoms with Crippen LogP contribution < -0.4 is 15.4 Å².